The normalized spacial score (nSPS) is 20.9. The van der Waals surface area contributed by atoms with E-state index in [1.54, 1.807) is 12.0 Å². The maximum atomic E-state index is 13.5. The minimum atomic E-state index is -0.599. The molecule has 1 N–H and O–H groups in total. The van der Waals surface area contributed by atoms with Crippen LogP contribution in [0.15, 0.2) is 42.0 Å². The number of Topliss-reactive ketones (excluding diaryl/α,β-unsaturated/α-hetero) is 1. The van der Waals surface area contributed by atoms with Crippen LogP contribution in [0.5, 0.6) is 5.75 Å². The second-order valence-corrected chi connectivity index (χ2v) is 9.92. The van der Waals surface area contributed by atoms with Crippen LogP contribution in [0, 0.1) is 13.8 Å². The Morgan fingerprint density at radius 1 is 1.03 bits per heavy atom. The zero-order chi connectivity index (χ0) is 24.6. The maximum Gasteiger partial charge on any atom is 0.295 e. The fourth-order valence-corrected chi connectivity index (χ4v) is 5.51. The highest BCUT2D eigenvalue weighted by molar-refractivity contribution is 6.46. The molecular weight excluding hydrogens is 426 g/mol. The molecule has 2 fully saturated rings. The Labute approximate surface area is 202 Å². The second-order valence-electron chi connectivity index (χ2n) is 9.92. The Hall–Kier alpha value is -3.08. The molecule has 2 aliphatic rings. The van der Waals surface area contributed by atoms with Crippen LogP contribution in [-0.4, -0.2) is 34.8 Å². The predicted octanol–water partition coefficient (Wildman–Crippen LogP) is 6.19. The van der Waals surface area contributed by atoms with Crippen LogP contribution < -0.4 is 4.74 Å². The molecule has 2 aromatic rings. The van der Waals surface area contributed by atoms with E-state index in [0.717, 1.165) is 60.1 Å². The summed E-state index contributed by atoms with van der Waals surface area (Å²) in [5, 5.41) is 11.6. The number of carbonyl (C=O) groups is 2. The summed E-state index contributed by atoms with van der Waals surface area (Å²) in [5.74, 6) is -0.289. The Balaban J connectivity index is 1.94. The summed E-state index contributed by atoms with van der Waals surface area (Å²) in [7, 11) is 1.63. The van der Waals surface area contributed by atoms with Gasteiger partial charge in [-0.25, -0.2) is 0 Å². The average Bonchev–Trinajstić information content (AvgIpc) is 3.09. The third-order valence-corrected chi connectivity index (χ3v) is 7.39. The SMILES string of the molecule is COc1cc(C)c(/C(O)=C2\C(=O)C(=O)N(C3CCCCC3)C2c2ccccc2C)cc1C(C)C. The van der Waals surface area contributed by atoms with Gasteiger partial charge in [0.05, 0.1) is 18.7 Å². The molecule has 0 aromatic heterocycles. The molecule has 0 bridgehead atoms. The number of benzene rings is 2. The fourth-order valence-electron chi connectivity index (χ4n) is 5.51. The molecule has 1 aliphatic heterocycles. The predicted molar refractivity (Wildman–Crippen MR) is 134 cm³/mol. The van der Waals surface area contributed by atoms with E-state index in [4.69, 9.17) is 4.74 Å². The van der Waals surface area contributed by atoms with E-state index in [2.05, 4.69) is 13.8 Å². The number of nitrogens with zero attached hydrogens (tertiary/aromatic N) is 1. The number of aliphatic hydroxyl groups excluding tert-OH is 1. The van der Waals surface area contributed by atoms with Crippen LogP contribution in [0.4, 0.5) is 0 Å². The summed E-state index contributed by atoms with van der Waals surface area (Å²) >= 11 is 0. The average molecular weight is 462 g/mol. The van der Waals surface area contributed by atoms with Gasteiger partial charge in [0, 0.05) is 11.6 Å². The number of aryl methyl sites for hydroxylation is 2. The molecule has 1 atom stereocenters. The Bertz CT molecular complexity index is 1140. The molecule has 0 radical (unpaired) electrons. The number of hydrogen-bond donors (Lipinski definition) is 1. The van der Waals surface area contributed by atoms with Crippen LogP contribution in [0.1, 0.15) is 85.7 Å². The topological polar surface area (TPSA) is 66.8 Å². The van der Waals surface area contributed by atoms with Gasteiger partial charge in [0.15, 0.2) is 0 Å². The fraction of sp³-hybridized carbons (Fsp3) is 0.448. The molecule has 180 valence electrons. The number of ether oxygens (including phenoxy) is 1. The maximum absolute atomic E-state index is 13.5. The van der Waals surface area contributed by atoms with Gasteiger partial charge in [0.25, 0.3) is 11.7 Å². The molecule has 1 amide bonds. The van der Waals surface area contributed by atoms with Gasteiger partial charge >= 0.3 is 0 Å². The van der Waals surface area contributed by atoms with Gasteiger partial charge in [0.2, 0.25) is 0 Å². The summed E-state index contributed by atoms with van der Waals surface area (Å²) in [4.78, 5) is 28.7. The number of hydrogen-bond acceptors (Lipinski definition) is 4. The first-order chi connectivity index (χ1) is 16.3. The quantitative estimate of drug-likeness (QED) is 0.327. The summed E-state index contributed by atoms with van der Waals surface area (Å²) in [6.45, 7) is 8.01. The number of methoxy groups -OCH3 is 1. The zero-order valence-electron chi connectivity index (χ0n) is 20.9. The number of rotatable bonds is 5. The standard InChI is InChI=1S/C29H35NO4/c1-17(2)22-16-23(19(4)15-24(22)34-5)27(31)25-26(21-14-10-9-11-18(21)3)30(29(33)28(25)32)20-12-7-6-8-13-20/h9-11,14-17,20,26,31H,6-8,12-13H2,1-5H3/b27-25+. The first-order valence-corrected chi connectivity index (χ1v) is 12.3. The van der Waals surface area contributed by atoms with Gasteiger partial charge in [-0.05, 0) is 67.0 Å². The smallest absolute Gasteiger partial charge is 0.295 e. The van der Waals surface area contributed by atoms with Crippen molar-refractivity contribution in [1.29, 1.82) is 0 Å². The third-order valence-electron chi connectivity index (χ3n) is 7.39. The van der Waals surface area contributed by atoms with Gasteiger partial charge in [0.1, 0.15) is 11.5 Å². The van der Waals surface area contributed by atoms with Gasteiger partial charge in [-0.1, -0.05) is 57.4 Å². The van der Waals surface area contributed by atoms with E-state index in [-0.39, 0.29) is 23.3 Å². The number of carbonyl (C=O) groups excluding carboxylic acids is 2. The first-order valence-electron chi connectivity index (χ1n) is 12.3. The van der Waals surface area contributed by atoms with E-state index in [1.807, 2.05) is 50.2 Å². The van der Waals surface area contributed by atoms with Gasteiger partial charge in [-0.15, -0.1) is 0 Å². The van der Waals surface area contributed by atoms with Crippen molar-refractivity contribution < 1.29 is 19.4 Å². The van der Waals surface area contributed by atoms with Crippen LogP contribution in [0.25, 0.3) is 5.76 Å². The molecule has 5 nitrogen and oxygen atoms in total. The van der Waals surface area contributed by atoms with E-state index in [0.29, 0.717) is 5.56 Å². The summed E-state index contributed by atoms with van der Waals surface area (Å²) in [6.07, 6.45) is 5.01. The van der Waals surface area contributed by atoms with Crippen molar-refractivity contribution in [3.05, 3.63) is 69.8 Å². The van der Waals surface area contributed by atoms with Crippen LogP contribution in [0.2, 0.25) is 0 Å². The van der Waals surface area contributed by atoms with Crippen LogP contribution in [-0.2, 0) is 9.59 Å². The zero-order valence-corrected chi connectivity index (χ0v) is 20.9. The lowest BCUT2D eigenvalue weighted by Gasteiger charge is -2.36. The molecular formula is C29H35NO4. The Kier molecular flexibility index (Phi) is 6.83. The van der Waals surface area contributed by atoms with Crippen molar-refractivity contribution in [3.8, 4) is 5.75 Å². The third kappa shape index (κ3) is 4.13. The minimum Gasteiger partial charge on any atom is -0.507 e. The monoisotopic (exact) mass is 461 g/mol. The molecule has 5 heteroatoms. The molecule has 1 aliphatic carbocycles. The molecule has 34 heavy (non-hydrogen) atoms. The number of likely N-dealkylation sites (tertiary alicyclic amines) is 1. The van der Waals surface area contributed by atoms with Gasteiger partial charge < -0.3 is 14.7 Å². The molecule has 1 saturated carbocycles. The van der Waals surface area contributed by atoms with Gasteiger partial charge in [-0.3, -0.25) is 9.59 Å². The molecule has 2 aromatic carbocycles. The molecule has 4 rings (SSSR count). The largest absolute Gasteiger partial charge is 0.507 e. The highest BCUT2D eigenvalue weighted by Gasteiger charge is 2.49. The highest BCUT2D eigenvalue weighted by Crippen LogP contribution is 2.44. The summed E-state index contributed by atoms with van der Waals surface area (Å²) < 4.78 is 5.56. The molecule has 1 heterocycles. The number of ketones is 1. The van der Waals surface area contributed by atoms with Crippen molar-refractivity contribution in [2.45, 2.75) is 77.8 Å². The van der Waals surface area contributed by atoms with Gasteiger partial charge in [-0.2, -0.15) is 0 Å². The number of aliphatic hydroxyl groups is 1. The highest BCUT2D eigenvalue weighted by atomic mass is 16.5. The molecule has 1 unspecified atom stereocenters. The van der Waals surface area contributed by atoms with Crippen molar-refractivity contribution in [1.82, 2.24) is 4.90 Å². The molecule has 0 spiro atoms. The van der Waals surface area contributed by atoms with E-state index >= 15 is 0 Å². The molecule has 1 saturated heterocycles. The van der Waals surface area contributed by atoms with Crippen molar-refractivity contribution >= 4 is 17.4 Å². The minimum absolute atomic E-state index is 0.00305. The van der Waals surface area contributed by atoms with Crippen LogP contribution in [0.3, 0.4) is 0 Å². The van der Waals surface area contributed by atoms with E-state index in [9.17, 15) is 14.7 Å². The first kappa shape index (κ1) is 24.1. The lowest BCUT2D eigenvalue weighted by Crippen LogP contribution is -2.40. The van der Waals surface area contributed by atoms with E-state index < -0.39 is 17.7 Å². The van der Waals surface area contributed by atoms with E-state index in [1.165, 1.54) is 0 Å². The van der Waals surface area contributed by atoms with Crippen molar-refractivity contribution in [2.24, 2.45) is 0 Å². The number of amides is 1. The summed E-state index contributed by atoms with van der Waals surface area (Å²) in [6, 6.07) is 11.0. The second kappa shape index (κ2) is 9.65. The van der Waals surface area contributed by atoms with Crippen LogP contribution >= 0.6 is 0 Å². The Morgan fingerprint density at radius 3 is 2.32 bits per heavy atom. The van der Waals surface area contributed by atoms with Crippen molar-refractivity contribution in [3.63, 3.8) is 0 Å². The van der Waals surface area contributed by atoms with Crippen molar-refractivity contribution in [2.75, 3.05) is 7.11 Å². The Morgan fingerprint density at radius 2 is 1.71 bits per heavy atom. The lowest BCUT2D eigenvalue weighted by molar-refractivity contribution is -0.141. The lowest BCUT2D eigenvalue weighted by atomic mass is 9.88. The summed E-state index contributed by atoms with van der Waals surface area (Å²) in [5.41, 5.74) is 4.40.